The molecule has 0 radical (unpaired) electrons. The molecule has 0 spiro atoms. The third-order valence-corrected chi connectivity index (χ3v) is 8.52. The molecule has 0 amide bonds. The molecule has 1 aliphatic heterocycles. The first-order valence-electron chi connectivity index (χ1n) is 13.6. The Morgan fingerprint density at radius 1 is 1.07 bits per heavy atom. The molecule has 0 fully saturated rings. The van der Waals surface area contributed by atoms with Gasteiger partial charge in [-0.2, -0.15) is 0 Å². The Morgan fingerprint density at radius 2 is 1.77 bits per heavy atom. The molecule has 3 aromatic rings. The van der Waals surface area contributed by atoms with Gasteiger partial charge >= 0.3 is 11.9 Å². The number of carbonyl (C=O) groups is 3. The highest BCUT2D eigenvalue weighted by atomic mass is 32.1. The van der Waals surface area contributed by atoms with E-state index in [9.17, 15) is 24.5 Å². The lowest BCUT2D eigenvalue weighted by Gasteiger charge is -2.43. The maximum absolute atomic E-state index is 15.5. The molecule has 0 saturated carbocycles. The Hall–Kier alpha value is -4.84. The number of halogens is 1. The Bertz CT molecular complexity index is 1650. The van der Waals surface area contributed by atoms with Crippen LogP contribution in [0.1, 0.15) is 42.5 Å². The molecule has 2 N–H and O–H groups in total. The van der Waals surface area contributed by atoms with Crippen LogP contribution in [0.15, 0.2) is 88.7 Å². The maximum atomic E-state index is 15.5. The quantitative estimate of drug-likeness (QED) is 0.156. The lowest BCUT2D eigenvalue weighted by atomic mass is 9.68. The van der Waals surface area contributed by atoms with Crippen LogP contribution < -0.4 is 10.6 Å². The zero-order valence-electron chi connectivity index (χ0n) is 23.3. The number of hydrogen-bond donors (Lipinski definition) is 1. The highest BCUT2D eigenvalue weighted by Gasteiger charge is 2.52. The summed E-state index contributed by atoms with van der Waals surface area (Å²) in [5.74, 6) is -6.24. The van der Waals surface area contributed by atoms with Crippen molar-refractivity contribution in [2.75, 3.05) is 18.1 Å². The number of allylic oxidation sites excluding steroid dienone is 2. The van der Waals surface area contributed by atoms with Gasteiger partial charge in [-0.3, -0.25) is 24.6 Å². The number of nitrogens with zero attached hydrogens (tertiary/aromatic N) is 2. The van der Waals surface area contributed by atoms with Gasteiger partial charge in [-0.1, -0.05) is 24.3 Å². The van der Waals surface area contributed by atoms with Crippen LogP contribution in [0.4, 0.5) is 15.8 Å². The van der Waals surface area contributed by atoms with Crippen LogP contribution in [0.5, 0.6) is 0 Å². The predicted molar refractivity (Wildman–Crippen MR) is 156 cm³/mol. The number of thiophene rings is 1. The largest absolute Gasteiger partial charge is 0.465 e. The van der Waals surface area contributed by atoms with E-state index < -0.39 is 46.2 Å². The summed E-state index contributed by atoms with van der Waals surface area (Å²) >= 11 is 1.37. The second kappa shape index (κ2) is 12.2. The number of Topliss-reactive ketones (excluding diaryl/α,β-unsaturated/α-hetero) is 1. The number of ether oxygens (including phenoxy) is 2. The molecule has 0 unspecified atom stereocenters. The molecule has 0 saturated heterocycles. The van der Waals surface area contributed by atoms with Gasteiger partial charge in [-0.25, -0.2) is 9.18 Å². The molecule has 5 rings (SSSR count). The standard InChI is InChI=1S/C31H28FN3O7S/c1-3-41-30(37)25-20(23-10-7-15-43-23)16-22-26(28(25)36)24(19-8-5-6-9-21(19)32)27(31(38)42-4-2)29(33)34(22)17-11-13-18(14-12-17)35(39)40/h5-15,20,24-25H,3-4,16,33H2,1-2H3/t20-,24+,25+/m1/s1. The molecular formula is C31H28FN3O7S. The minimum atomic E-state index is -1.29. The summed E-state index contributed by atoms with van der Waals surface area (Å²) in [6.45, 7) is 3.25. The molecule has 2 aliphatic rings. The number of anilines is 1. The molecule has 1 aliphatic carbocycles. The number of ketones is 1. The van der Waals surface area contributed by atoms with Gasteiger partial charge in [0.05, 0.1) is 29.6 Å². The number of carbonyl (C=O) groups excluding carboxylic acids is 3. The number of benzene rings is 2. The zero-order valence-corrected chi connectivity index (χ0v) is 24.1. The van der Waals surface area contributed by atoms with Crippen LogP contribution in [0.2, 0.25) is 0 Å². The fourth-order valence-corrected chi connectivity index (χ4v) is 6.61. The molecule has 43 heavy (non-hydrogen) atoms. The maximum Gasteiger partial charge on any atom is 0.338 e. The molecule has 222 valence electrons. The Labute approximate surface area is 250 Å². The van der Waals surface area contributed by atoms with Crippen molar-refractivity contribution in [1.29, 1.82) is 0 Å². The molecule has 10 nitrogen and oxygen atoms in total. The lowest BCUT2D eigenvalue weighted by molar-refractivity contribution is -0.384. The van der Waals surface area contributed by atoms with E-state index >= 15 is 4.39 Å². The number of esters is 2. The van der Waals surface area contributed by atoms with Gasteiger partial charge in [0.2, 0.25) is 0 Å². The van der Waals surface area contributed by atoms with Crippen molar-refractivity contribution in [3.05, 3.63) is 115 Å². The summed E-state index contributed by atoms with van der Waals surface area (Å²) in [6.07, 6.45) is 0.101. The molecule has 12 heteroatoms. The van der Waals surface area contributed by atoms with Gasteiger partial charge < -0.3 is 15.2 Å². The topological polar surface area (TPSA) is 142 Å². The second-order valence-electron chi connectivity index (χ2n) is 9.86. The van der Waals surface area contributed by atoms with Gasteiger partial charge in [0.25, 0.3) is 5.69 Å². The summed E-state index contributed by atoms with van der Waals surface area (Å²) in [5, 5.41) is 13.2. The van der Waals surface area contributed by atoms with Crippen LogP contribution in [0, 0.1) is 21.8 Å². The molecule has 3 atom stereocenters. The fourth-order valence-electron chi connectivity index (χ4n) is 5.75. The average molecular weight is 606 g/mol. The normalized spacial score (nSPS) is 20.1. The first-order chi connectivity index (χ1) is 20.7. The minimum Gasteiger partial charge on any atom is -0.465 e. The number of hydrogen-bond acceptors (Lipinski definition) is 10. The van der Waals surface area contributed by atoms with Crippen molar-refractivity contribution in [2.45, 2.75) is 32.1 Å². The minimum absolute atomic E-state index is 0.00608. The van der Waals surface area contributed by atoms with Crippen LogP contribution in [-0.4, -0.2) is 35.9 Å². The van der Waals surface area contributed by atoms with Crippen LogP contribution >= 0.6 is 11.3 Å². The first-order valence-corrected chi connectivity index (χ1v) is 14.5. The van der Waals surface area contributed by atoms with Crippen LogP contribution in [0.3, 0.4) is 0 Å². The van der Waals surface area contributed by atoms with Gasteiger partial charge in [0, 0.05) is 45.4 Å². The van der Waals surface area contributed by atoms with Gasteiger partial charge in [0.1, 0.15) is 17.6 Å². The molecule has 2 aromatic carbocycles. The molecule has 2 heterocycles. The molecule has 0 bridgehead atoms. The summed E-state index contributed by atoms with van der Waals surface area (Å²) in [4.78, 5) is 54.6. The number of nitro benzene ring substituents is 1. The highest BCUT2D eigenvalue weighted by Crippen LogP contribution is 2.52. The number of nitrogens with two attached hydrogens (primary N) is 1. The van der Waals surface area contributed by atoms with E-state index in [1.807, 2.05) is 11.4 Å². The molecule has 1 aromatic heterocycles. The predicted octanol–water partition coefficient (Wildman–Crippen LogP) is 5.32. The van der Waals surface area contributed by atoms with E-state index in [4.69, 9.17) is 15.2 Å². The number of nitro groups is 1. The monoisotopic (exact) mass is 605 g/mol. The van der Waals surface area contributed by atoms with Crippen LogP contribution in [-0.2, 0) is 23.9 Å². The SMILES string of the molecule is CCOC(=O)C1=C(N)N(c2ccc([N+](=O)[O-])cc2)C2=C(C(=O)[C@@H](C(=O)OCC)[C@@H](c3cccs3)C2)[C@@H]1c1ccccc1F. The van der Waals surface area contributed by atoms with Crippen molar-refractivity contribution in [3.63, 3.8) is 0 Å². The van der Waals surface area contributed by atoms with Crippen molar-refractivity contribution in [1.82, 2.24) is 0 Å². The van der Waals surface area contributed by atoms with Crippen molar-refractivity contribution >= 4 is 40.4 Å². The smallest absolute Gasteiger partial charge is 0.338 e. The van der Waals surface area contributed by atoms with E-state index in [-0.39, 0.29) is 47.9 Å². The van der Waals surface area contributed by atoms with E-state index in [2.05, 4.69) is 0 Å². The lowest BCUT2D eigenvalue weighted by Crippen LogP contribution is -2.46. The van der Waals surface area contributed by atoms with Crippen molar-refractivity contribution in [2.24, 2.45) is 11.7 Å². The third kappa shape index (κ3) is 5.29. The summed E-state index contributed by atoms with van der Waals surface area (Å²) in [6, 6.07) is 14.8. The summed E-state index contributed by atoms with van der Waals surface area (Å²) < 4.78 is 26.2. The third-order valence-electron chi connectivity index (χ3n) is 7.52. The van der Waals surface area contributed by atoms with E-state index in [0.717, 1.165) is 4.88 Å². The highest BCUT2D eigenvalue weighted by molar-refractivity contribution is 7.10. The number of non-ortho nitro benzene ring substituents is 1. The van der Waals surface area contributed by atoms with Crippen molar-refractivity contribution < 1.29 is 33.2 Å². The van der Waals surface area contributed by atoms with E-state index in [1.165, 1.54) is 58.7 Å². The van der Waals surface area contributed by atoms with E-state index in [0.29, 0.717) is 11.4 Å². The van der Waals surface area contributed by atoms with Gasteiger partial charge in [-0.05, 0) is 49.9 Å². The van der Waals surface area contributed by atoms with Crippen LogP contribution in [0.25, 0.3) is 0 Å². The second-order valence-corrected chi connectivity index (χ2v) is 10.8. The van der Waals surface area contributed by atoms with Gasteiger partial charge in [0.15, 0.2) is 5.78 Å². The Kier molecular flexibility index (Phi) is 8.40. The van der Waals surface area contributed by atoms with E-state index in [1.54, 1.807) is 26.0 Å². The zero-order chi connectivity index (χ0) is 30.8. The Balaban J connectivity index is 1.82. The first kappa shape index (κ1) is 29.6. The van der Waals surface area contributed by atoms with Gasteiger partial charge in [-0.15, -0.1) is 11.3 Å². The average Bonchev–Trinajstić information content (AvgIpc) is 3.52. The summed E-state index contributed by atoms with van der Waals surface area (Å²) in [5.41, 5.74) is 7.06. The van der Waals surface area contributed by atoms with Crippen molar-refractivity contribution in [3.8, 4) is 0 Å². The number of rotatable bonds is 8. The molecular weight excluding hydrogens is 577 g/mol. The Morgan fingerprint density at radius 3 is 2.37 bits per heavy atom. The fraction of sp³-hybridized carbons (Fsp3) is 0.258. The summed E-state index contributed by atoms with van der Waals surface area (Å²) in [7, 11) is 0.